The Balaban J connectivity index is 1.47. The van der Waals surface area contributed by atoms with Gasteiger partial charge < -0.3 is 9.80 Å². The number of nitrogens with one attached hydrogen (secondary N) is 1. The van der Waals surface area contributed by atoms with Crippen molar-refractivity contribution in [1.29, 1.82) is 0 Å². The van der Waals surface area contributed by atoms with Crippen LogP contribution in [0.2, 0.25) is 5.02 Å². The van der Waals surface area contributed by atoms with Gasteiger partial charge in [-0.05, 0) is 37.3 Å². The van der Waals surface area contributed by atoms with Gasteiger partial charge in [0.25, 0.3) is 11.8 Å². The van der Waals surface area contributed by atoms with Gasteiger partial charge in [-0.25, -0.2) is 4.39 Å². The highest BCUT2D eigenvalue weighted by atomic mass is 35.5. The van der Waals surface area contributed by atoms with E-state index in [9.17, 15) is 14.0 Å². The molecule has 1 aromatic heterocycles. The fourth-order valence-corrected chi connectivity index (χ4v) is 3.56. The molecule has 0 spiro atoms. The summed E-state index contributed by atoms with van der Waals surface area (Å²) in [4.78, 5) is 28.7. The molecule has 1 aliphatic heterocycles. The van der Waals surface area contributed by atoms with E-state index in [-0.39, 0.29) is 11.5 Å². The predicted molar refractivity (Wildman–Crippen MR) is 104 cm³/mol. The summed E-state index contributed by atoms with van der Waals surface area (Å²) in [5, 5.41) is 8.14. The summed E-state index contributed by atoms with van der Waals surface area (Å²) >= 11 is 5.88. The highest BCUT2D eigenvalue weighted by Gasteiger charge is 2.28. The number of piperazine rings is 1. The summed E-state index contributed by atoms with van der Waals surface area (Å²) in [5.41, 5.74) is 2.17. The van der Waals surface area contributed by atoms with E-state index in [1.54, 1.807) is 4.90 Å². The van der Waals surface area contributed by atoms with E-state index in [1.807, 2.05) is 25.1 Å². The summed E-state index contributed by atoms with van der Waals surface area (Å²) in [5.74, 6) is -1.21. The number of nitrogens with zero attached hydrogens (tertiary/aromatic N) is 3. The molecule has 2 heterocycles. The maximum Gasteiger partial charge on any atom is 0.275 e. The maximum absolute atomic E-state index is 14.0. The largest absolute Gasteiger partial charge is 0.335 e. The molecular weight excluding hydrogens is 383 g/mol. The van der Waals surface area contributed by atoms with Gasteiger partial charge in [-0.1, -0.05) is 23.2 Å². The van der Waals surface area contributed by atoms with Crippen LogP contribution in [-0.4, -0.2) is 58.0 Å². The summed E-state index contributed by atoms with van der Waals surface area (Å²) in [6.07, 6.45) is 0. The van der Waals surface area contributed by atoms with Gasteiger partial charge in [-0.2, -0.15) is 5.10 Å². The number of H-pyrrole nitrogens is 1. The van der Waals surface area contributed by atoms with Crippen molar-refractivity contribution in [3.05, 3.63) is 64.1 Å². The third-order valence-corrected chi connectivity index (χ3v) is 5.17. The first kappa shape index (κ1) is 18.4. The van der Waals surface area contributed by atoms with Crippen LogP contribution < -0.4 is 0 Å². The molecule has 0 unspecified atom stereocenters. The zero-order valence-corrected chi connectivity index (χ0v) is 16.0. The smallest absolute Gasteiger partial charge is 0.275 e. The standard InChI is InChI=1S/C20H18ClFN4O2/c1-12-2-5-17-15(10-12)18(24-23-17)20(28)26-8-6-25(7-9-26)19(27)14-11-13(21)3-4-16(14)22/h2-5,10-11H,6-9H2,1H3,(H,23,24). The Morgan fingerprint density at radius 2 is 1.71 bits per heavy atom. The molecule has 28 heavy (non-hydrogen) atoms. The topological polar surface area (TPSA) is 69.3 Å². The van der Waals surface area contributed by atoms with E-state index in [0.717, 1.165) is 16.5 Å². The first-order valence-electron chi connectivity index (χ1n) is 8.92. The number of hydrogen-bond donors (Lipinski definition) is 1. The molecule has 1 fully saturated rings. The Hall–Kier alpha value is -2.93. The summed E-state index contributed by atoms with van der Waals surface area (Å²) < 4.78 is 14.0. The van der Waals surface area contributed by atoms with E-state index < -0.39 is 11.7 Å². The van der Waals surface area contributed by atoms with Crippen LogP contribution in [0.15, 0.2) is 36.4 Å². The number of fused-ring (bicyclic) bond motifs is 1. The maximum atomic E-state index is 14.0. The Bertz CT molecular complexity index is 1070. The summed E-state index contributed by atoms with van der Waals surface area (Å²) in [6, 6.07) is 9.68. The first-order chi connectivity index (χ1) is 13.4. The second kappa shape index (κ2) is 7.24. The Morgan fingerprint density at radius 1 is 1.04 bits per heavy atom. The van der Waals surface area contributed by atoms with Crippen LogP contribution in [0.25, 0.3) is 10.9 Å². The Kier molecular flexibility index (Phi) is 4.77. The van der Waals surface area contributed by atoms with Crippen molar-refractivity contribution in [1.82, 2.24) is 20.0 Å². The van der Waals surface area contributed by atoms with Gasteiger partial charge in [-0.15, -0.1) is 0 Å². The second-order valence-corrected chi connectivity index (χ2v) is 7.27. The lowest BCUT2D eigenvalue weighted by Crippen LogP contribution is -2.50. The van der Waals surface area contributed by atoms with Crippen LogP contribution in [0.4, 0.5) is 4.39 Å². The molecule has 6 nitrogen and oxygen atoms in total. The van der Waals surface area contributed by atoms with Crippen molar-refractivity contribution in [3.63, 3.8) is 0 Å². The quantitative estimate of drug-likeness (QED) is 0.717. The van der Waals surface area contributed by atoms with E-state index >= 15 is 0 Å². The van der Waals surface area contributed by atoms with E-state index in [0.29, 0.717) is 36.9 Å². The fraction of sp³-hybridized carbons (Fsp3) is 0.250. The molecule has 144 valence electrons. The van der Waals surface area contributed by atoms with Crippen LogP contribution >= 0.6 is 11.6 Å². The Morgan fingerprint density at radius 3 is 2.43 bits per heavy atom. The molecule has 2 aromatic carbocycles. The van der Waals surface area contributed by atoms with Crippen LogP contribution in [-0.2, 0) is 0 Å². The highest BCUT2D eigenvalue weighted by molar-refractivity contribution is 6.31. The minimum atomic E-state index is -0.605. The third kappa shape index (κ3) is 3.33. The number of aryl methyl sites for hydroxylation is 1. The van der Waals surface area contributed by atoms with Gasteiger partial charge in [0.2, 0.25) is 0 Å². The number of hydrogen-bond acceptors (Lipinski definition) is 3. The van der Waals surface area contributed by atoms with Gasteiger partial charge in [0.05, 0.1) is 11.1 Å². The zero-order chi connectivity index (χ0) is 19.8. The number of aromatic nitrogens is 2. The van der Waals surface area contributed by atoms with Crippen LogP contribution in [0.1, 0.15) is 26.4 Å². The van der Waals surface area contributed by atoms with Crippen LogP contribution in [0.5, 0.6) is 0 Å². The number of benzene rings is 2. The minimum absolute atomic E-state index is 0.0546. The molecule has 0 radical (unpaired) electrons. The van der Waals surface area contributed by atoms with Crippen molar-refractivity contribution in [2.45, 2.75) is 6.92 Å². The monoisotopic (exact) mass is 400 g/mol. The predicted octanol–water partition coefficient (Wildman–Crippen LogP) is 3.26. The Labute approximate surface area is 165 Å². The van der Waals surface area contributed by atoms with Crippen molar-refractivity contribution in [2.75, 3.05) is 26.2 Å². The third-order valence-electron chi connectivity index (χ3n) is 4.93. The van der Waals surface area contributed by atoms with Gasteiger partial charge in [-0.3, -0.25) is 14.7 Å². The van der Waals surface area contributed by atoms with Crippen molar-refractivity contribution < 1.29 is 14.0 Å². The van der Waals surface area contributed by atoms with E-state index in [4.69, 9.17) is 11.6 Å². The SMILES string of the molecule is Cc1ccc2[nH]nc(C(=O)N3CCN(C(=O)c4cc(Cl)ccc4F)CC3)c2c1. The molecule has 0 saturated carbocycles. The highest BCUT2D eigenvalue weighted by Crippen LogP contribution is 2.21. The zero-order valence-electron chi connectivity index (χ0n) is 15.2. The van der Waals surface area contributed by atoms with Gasteiger partial charge in [0.15, 0.2) is 5.69 Å². The fourth-order valence-electron chi connectivity index (χ4n) is 3.39. The average molecular weight is 401 g/mol. The molecule has 4 rings (SSSR count). The van der Waals surface area contributed by atoms with Crippen LogP contribution in [0, 0.1) is 12.7 Å². The molecule has 1 N–H and O–H groups in total. The number of halogens is 2. The van der Waals surface area contributed by atoms with Gasteiger partial charge >= 0.3 is 0 Å². The summed E-state index contributed by atoms with van der Waals surface area (Å²) in [6.45, 7) is 3.30. The molecule has 3 aromatic rings. The van der Waals surface area contributed by atoms with Crippen molar-refractivity contribution in [3.8, 4) is 0 Å². The van der Waals surface area contributed by atoms with Gasteiger partial charge in [0, 0.05) is 36.6 Å². The first-order valence-corrected chi connectivity index (χ1v) is 9.30. The molecule has 1 saturated heterocycles. The lowest BCUT2D eigenvalue weighted by Gasteiger charge is -2.34. The summed E-state index contributed by atoms with van der Waals surface area (Å²) in [7, 11) is 0. The molecule has 0 aliphatic carbocycles. The molecule has 8 heteroatoms. The molecule has 0 atom stereocenters. The molecular formula is C20H18ClFN4O2. The van der Waals surface area contributed by atoms with Crippen molar-refractivity contribution >= 4 is 34.3 Å². The minimum Gasteiger partial charge on any atom is -0.335 e. The average Bonchev–Trinajstić information content (AvgIpc) is 3.12. The second-order valence-electron chi connectivity index (χ2n) is 6.83. The number of aromatic amines is 1. The molecule has 2 amide bonds. The normalized spacial score (nSPS) is 14.5. The number of carbonyl (C=O) groups excluding carboxylic acids is 2. The number of carbonyl (C=O) groups is 2. The molecule has 0 bridgehead atoms. The molecule has 1 aliphatic rings. The van der Waals surface area contributed by atoms with Gasteiger partial charge in [0.1, 0.15) is 5.82 Å². The van der Waals surface area contributed by atoms with E-state index in [2.05, 4.69) is 10.2 Å². The lowest BCUT2D eigenvalue weighted by molar-refractivity contribution is 0.0530. The van der Waals surface area contributed by atoms with E-state index in [1.165, 1.54) is 23.1 Å². The van der Waals surface area contributed by atoms with Crippen LogP contribution in [0.3, 0.4) is 0 Å². The van der Waals surface area contributed by atoms with Crippen molar-refractivity contribution in [2.24, 2.45) is 0 Å². The lowest BCUT2D eigenvalue weighted by atomic mass is 10.1. The number of rotatable bonds is 2. The number of amides is 2.